The monoisotopic (exact) mass is 571 g/mol. The van der Waals surface area contributed by atoms with Gasteiger partial charge in [-0.1, -0.05) is 27.5 Å². The van der Waals surface area contributed by atoms with E-state index in [1.165, 1.54) is 18.9 Å². The number of nitrogens with one attached hydrogen (secondary N) is 1. The molecule has 0 spiro atoms. The van der Waals surface area contributed by atoms with Crippen molar-refractivity contribution in [3.63, 3.8) is 0 Å². The summed E-state index contributed by atoms with van der Waals surface area (Å²) in [6.07, 6.45) is 1.86. The summed E-state index contributed by atoms with van der Waals surface area (Å²) in [5.41, 5.74) is 6.90. The normalized spacial score (nSPS) is 15.7. The van der Waals surface area contributed by atoms with Crippen LogP contribution in [-0.2, 0) is 9.53 Å². The average Bonchev–Trinajstić information content (AvgIpc) is 3.28. The SMILES string of the molecule is COC(=O)c1ccc(-n2c(C)cc(/C=C3\SC(=Nc4cc(C)c(Br)c(C)c4)NC3=O)c2C)cc1Cl. The summed E-state index contributed by atoms with van der Waals surface area (Å²) >= 11 is 11.2. The molecule has 0 aliphatic carbocycles. The molecule has 1 aromatic heterocycles. The molecular formula is C26H23BrClN3O3S. The van der Waals surface area contributed by atoms with E-state index in [2.05, 4.69) is 26.2 Å². The Hall–Kier alpha value is -2.81. The first-order valence-electron chi connectivity index (χ1n) is 10.7. The van der Waals surface area contributed by atoms with Crippen molar-refractivity contribution < 1.29 is 14.3 Å². The molecule has 1 aliphatic rings. The van der Waals surface area contributed by atoms with E-state index in [9.17, 15) is 9.59 Å². The molecule has 180 valence electrons. The molecule has 3 aromatic rings. The van der Waals surface area contributed by atoms with Crippen LogP contribution >= 0.6 is 39.3 Å². The van der Waals surface area contributed by atoms with Gasteiger partial charge in [-0.15, -0.1) is 0 Å². The van der Waals surface area contributed by atoms with Gasteiger partial charge in [0.2, 0.25) is 0 Å². The molecule has 2 aromatic carbocycles. The molecule has 6 nitrogen and oxygen atoms in total. The van der Waals surface area contributed by atoms with Gasteiger partial charge in [-0.25, -0.2) is 9.79 Å². The minimum Gasteiger partial charge on any atom is -0.465 e. The van der Waals surface area contributed by atoms with Gasteiger partial charge in [-0.05, 0) is 98.6 Å². The van der Waals surface area contributed by atoms with Crippen LogP contribution in [0.25, 0.3) is 11.8 Å². The van der Waals surface area contributed by atoms with Gasteiger partial charge >= 0.3 is 5.97 Å². The highest BCUT2D eigenvalue weighted by atomic mass is 79.9. The maximum absolute atomic E-state index is 12.7. The Bertz CT molecular complexity index is 1420. The van der Waals surface area contributed by atoms with Gasteiger partial charge in [0, 0.05) is 21.5 Å². The fourth-order valence-corrected chi connectivity index (χ4v) is 5.29. The first-order chi connectivity index (χ1) is 16.6. The summed E-state index contributed by atoms with van der Waals surface area (Å²) in [6.45, 7) is 7.97. The van der Waals surface area contributed by atoms with Gasteiger partial charge in [0.1, 0.15) is 0 Å². The van der Waals surface area contributed by atoms with E-state index in [1.807, 2.05) is 62.6 Å². The number of aromatic nitrogens is 1. The van der Waals surface area contributed by atoms with Crippen molar-refractivity contribution >= 4 is 68.1 Å². The van der Waals surface area contributed by atoms with Crippen LogP contribution in [0.1, 0.15) is 38.4 Å². The molecule has 0 unspecified atom stereocenters. The second kappa shape index (κ2) is 10.0. The van der Waals surface area contributed by atoms with E-state index in [-0.39, 0.29) is 5.91 Å². The molecule has 1 amide bonds. The lowest BCUT2D eigenvalue weighted by Gasteiger charge is -2.11. The fourth-order valence-electron chi connectivity index (χ4n) is 3.98. The summed E-state index contributed by atoms with van der Waals surface area (Å²) in [5, 5.41) is 3.71. The zero-order chi connectivity index (χ0) is 25.4. The number of carbonyl (C=O) groups is 2. The van der Waals surface area contributed by atoms with E-state index in [4.69, 9.17) is 16.3 Å². The Morgan fingerprint density at radius 3 is 2.46 bits per heavy atom. The number of rotatable bonds is 4. The number of aryl methyl sites for hydroxylation is 3. The van der Waals surface area contributed by atoms with Crippen LogP contribution in [0.4, 0.5) is 5.69 Å². The summed E-state index contributed by atoms with van der Waals surface area (Å²) in [6, 6.07) is 11.2. The number of amidine groups is 1. The molecule has 1 fully saturated rings. The van der Waals surface area contributed by atoms with Gasteiger partial charge in [0.25, 0.3) is 5.91 Å². The van der Waals surface area contributed by atoms with E-state index in [0.717, 1.165) is 43.9 Å². The number of hydrogen-bond donors (Lipinski definition) is 1. The van der Waals surface area contributed by atoms with Crippen molar-refractivity contribution in [2.75, 3.05) is 7.11 Å². The third-order valence-corrected chi connectivity index (χ3v) is 8.15. The lowest BCUT2D eigenvalue weighted by atomic mass is 10.1. The second-order valence-electron chi connectivity index (χ2n) is 8.19. The maximum Gasteiger partial charge on any atom is 0.339 e. The van der Waals surface area contributed by atoms with E-state index >= 15 is 0 Å². The summed E-state index contributed by atoms with van der Waals surface area (Å²) < 4.78 is 7.86. The van der Waals surface area contributed by atoms with E-state index in [1.54, 1.807) is 12.1 Å². The number of carbonyl (C=O) groups excluding carboxylic acids is 2. The fraction of sp³-hybridized carbons (Fsp3) is 0.192. The highest BCUT2D eigenvalue weighted by Gasteiger charge is 2.25. The summed E-state index contributed by atoms with van der Waals surface area (Å²) in [7, 11) is 1.32. The quantitative estimate of drug-likeness (QED) is 0.275. The van der Waals surface area contributed by atoms with Crippen LogP contribution in [0.3, 0.4) is 0 Å². The highest BCUT2D eigenvalue weighted by Crippen LogP contribution is 2.33. The number of benzene rings is 2. The lowest BCUT2D eigenvalue weighted by Crippen LogP contribution is -2.19. The Labute approximate surface area is 221 Å². The number of thioether (sulfide) groups is 1. The summed E-state index contributed by atoms with van der Waals surface area (Å²) in [4.78, 5) is 29.7. The zero-order valence-corrected chi connectivity index (χ0v) is 23.0. The molecule has 0 radical (unpaired) electrons. The number of nitrogens with zero attached hydrogens (tertiary/aromatic N) is 2. The molecule has 2 heterocycles. The van der Waals surface area contributed by atoms with E-state index < -0.39 is 5.97 Å². The number of halogens is 2. The van der Waals surface area contributed by atoms with Crippen LogP contribution in [0.5, 0.6) is 0 Å². The number of esters is 1. The Morgan fingerprint density at radius 1 is 1.14 bits per heavy atom. The molecule has 1 N–H and O–H groups in total. The molecule has 1 aliphatic heterocycles. The molecule has 35 heavy (non-hydrogen) atoms. The predicted octanol–water partition coefficient (Wildman–Crippen LogP) is 6.81. The van der Waals surface area contributed by atoms with Crippen molar-refractivity contribution in [3.8, 4) is 5.69 Å². The van der Waals surface area contributed by atoms with Gasteiger partial charge in [0.15, 0.2) is 5.17 Å². The standard InChI is InChI=1S/C26H23BrClN3O3S/c1-13-8-18(9-14(2)23(13)27)29-26-30-24(32)22(35-26)11-17-10-15(3)31(16(17)4)19-6-7-20(21(28)12-19)25(33)34-5/h6-12H,1-5H3,(H,29,30,32)/b22-11-. The number of methoxy groups -OCH3 is 1. The van der Waals surface area contributed by atoms with Gasteiger partial charge < -0.3 is 14.6 Å². The van der Waals surface area contributed by atoms with Crippen molar-refractivity contribution in [1.82, 2.24) is 9.88 Å². The smallest absolute Gasteiger partial charge is 0.339 e. The lowest BCUT2D eigenvalue weighted by molar-refractivity contribution is -0.115. The topological polar surface area (TPSA) is 72.7 Å². The van der Waals surface area contributed by atoms with Crippen molar-refractivity contribution in [1.29, 1.82) is 0 Å². The number of ether oxygens (including phenoxy) is 1. The van der Waals surface area contributed by atoms with Crippen LogP contribution < -0.4 is 5.32 Å². The van der Waals surface area contributed by atoms with Gasteiger partial charge in [0.05, 0.1) is 28.3 Å². The Morgan fingerprint density at radius 2 is 1.83 bits per heavy atom. The summed E-state index contributed by atoms with van der Waals surface area (Å²) in [5.74, 6) is -0.669. The van der Waals surface area contributed by atoms with Crippen LogP contribution in [0.15, 0.2) is 50.8 Å². The molecule has 1 saturated heterocycles. The van der Waals surface area contributed by atoms with Crippen LogP contribution in [0, 0.1) is 27.7 Å². The van der Waals surface area contributed by atoms with Crippen LogP contribution in [-0.4, -0.2) is 28.7 Å². The molecule has 4 rings (SSSR count). The van der Waals surface area contributed by atoms with Crippen molar-refractivity contribution in [2.45, 2.75) is 27.7 Å². The Kier molecular flexibility index (Phi) is 7.26. The average molecular weight is 573 g/mol. The number of aliphatic imine (C=N–C) groups is 1. The first kappa shape index (κ1) is 25.3. The Balaban J connectivity index is 1.64. The highest BCUT2D eigenvalue weighted by molar-refractivity contribution is 9.10. The molecule has 0 bridgehead atoms. The third-order valence-electron chi connectivity index (χ3n) is 5.68. The van der Waals surface area contributed by atoms with E-state index in [0.29, 0.717) is 20.7 Å². The molecule has 9 heteroatoms. The predicted molar refractivity (Wildman–Crippen MR) is 146 cm³/mol. The molecule has 0 saturated carbocycles. The minimum atomic E-state index is -0.483. The minimum absolute atomic E-state index is 0.186. The number of hydrogen-bond acceptors (Lipinski definition) is 5. The molecule has 0 atom stereocenters. The van der Waals surface area contributed by atoms with Crippen molar-refractivity contribution in [3.05, 3.63) is 84.4 Å². The largest absolute Gasteiger partial charge is 0.465 e. The maximum atomic E-state index is 12.7. The first-order valence-corrected chi connectivity index (χ1v) is 12.7. The third kappa shape index (κ3) is 5.10. The number of amides is 1. The zero-order valence-electron chi connectivity index (χ0n) is 19.8. The molecular weight excluding hydrogens is 550 g/mol. The van der Waals surface area contributed by atoms with Crippen LogP contribution in [0.2, 0.25) is 5.02 Å². The van der Waals surface area contributed by atoms with Gasteiger partial charge in [-0.3, -0.25) is 4.79 Å². The van der Waals surface area contributed by atoms with Crippen molar-refractivity contribution in [2.24, 2.45) is 4.99 Å². The van der Waals surface area contributed by atoms with Gasteiger partial charge in [-0.2, -0.15) is 0 Å². The second-order valence-corrected chi connectivity index (χ2v) is 10.4.